The predicted octanol–water partition coefficient (Wildman–Crippen LogP) is 8.57. The molecule has 0 atom stereocenters. The molecule has 0 aliphatic carbocycles. The molecule has 0 aromatic carbocycles. The minimum Gasteiger partial charge on any atom is -0.481 e. The first-order chi connectivity index (χ1) is 48.4. The van der Waals surface area contributed by atoms with Gasteiger partial charge in [0, 0.05) is 67.7 Å². The van der Waals surface area contributed by atoms with E-state index in [1.165, 1.54) is 27.4 Å². The molecule has 28 nitrogen and oxygen atoms in total. The standard InChI is InChI=1S/C31H41N5O6.C21H19N3O6.C7H6ClNO2.C7H9NO2.C5H11NO/c1-22(37)8-6-16-32-18-24-12-14-28(35-30(24)39-3)41-20-26-10-5-11-27(34-26)21-42-29-15-13-25(31(36-29)40-4)19-33-17-7-9-23(2)38;1-27-20-14(10-25)6-8-18(23-20)29-12-16-4-3-5-17(22-16)13-30-19-9-7-15(11-26)21(24-19)28-2;1-11-7-5(4-10)2-3-6(8)9-7;9-4-6-2-1-3-7(5-10)8-6;1-5(7)3-2-4-6/h5,10-15,32-33H,6-9,16-21H2,1-4H3;3-11H,12-13H2,1-2H3;2-4H,1H3;1-3,9-10H,4-5H2;2-4,6H2,1H3. The number of aromatic nitrogens is 8. The molecule has 8 aromatic rings. The summed E-state index contributed by atoms with van der Waals surface area (Å²) < 4.78 is 48.8. The second-order valence-corrected chi connectivity index (χ2v) is 21.5. The van der Waals surface area contributed by atoms with E-state index in [1.54, 1.807) is 108 Å². The lowest BCUT2D eigenvalue weighted by atomic mass is 10.2. The molecule has 0 spiro atoms. The SMILES string of the molecule is CC(=O)CCCN.COc1nc(Cl)ccc1C=O.COc1nc(OCc2cccc(COc3ccc(C=O)c(OC)n3)n2)ccc1C=O.COc1nc(OCc2cccc(COc3ccc(CNCCCC(C)=O)c(OC)n3)n2)ccc1CNCCCC(C)=O.OCc1cccc(CO)n1. The molecule has 8 rings (SSSR count). The van der Waals surface area contributed by atoms with E-state index in [0.717, 1.165) is 54.9 Å². The van der Waals surface area contributed by atoms with Gasteiger partial charge in [0.25, 0.3) is 0 Å². The van der Waals surface area contributed by atoms with Crippen molar-refractivity contribution in [3.8, 4) is 52.9 Å². The average molecular weight is 1400 g/mol. The van der Waals surface area contributed by atoms with Crippen molar-refractivity contribution >= 4 is 47.8 Å². The number of Topliss-reactive ketones (excluding diaryl/α,β-unsaturated/α-hetero) is 3. The van der Waals surface area contributed by atoms with Crippen molar-refractivity contribution in [2.24, 2.45) is 5.73 Å². The lowest BCUT2D eigenvalue weighted by molar-refractivity contribution is -0.117. The third-order valence-corrected chi connectivity index (χ3v) is 13.5. The molecule has 0 bridgehead atoms. The first-order valence-corrected chi connectivity index (χ1v) is 31.7. The number of nitrogens with two attached hydrogens (primary N) is 1. The molecular weight excluding hydrogens is 1310 g/mol. The lowest BCUT2D eigenvalue weighted by Crippen LogP contribution is -2.16. The minimum atomic E-state index is -0.0756. The van der Waals surface area contributed by atoms with Gasteiger partial charge >= 0.3 is 0 Å². The van der Waals surface area contributed by atoms with Crippen LogP contribution < -0.4 is 59.0 Å². The Kier molecular flexibility index (Phi) is 38.9. The van der Waals surface area contributed by atoms with Crippen molar-refractivity contribution in [3.63, 3.8) is 0 Å². The van der Waals surface area contributed by atoms with E-state index in [4.69, 9.17) is 70.2 Å². The number of aldehydes is 3. The first-order valence-electron chi connectivity index (χ1n) is 31.4. The Balaban J connectivity index is 0.000000312. The van der Waals surface area contributed by atoms with Crippen LogP contribution in [0.5, 0.6) is 52.9 Å². The molecule has 0 unspecified atom stereocenters. The molecule has 0 aliphatic heterocycles. The maximum Gasteiger partial charge on any atom is 0.227 e. The molecule has 6 N–H and O–H groups in total. The molecule has 8 heterocycles. The number of carbonyl (C=O) groups excluding carboxylic acids is 6. The quantitative estimate of drug-likeness (QED) is 0.0138. The van der Waals surface area contributed by atoms with Gasteiger partial charge < -0.3 is 83.6 Å². The van der Waals surface area contributed by atoms with E-state index in [-0.39, 0.29) is 74.6 Å². The Morgan fingerprint density at radius 3 is 1.02 bits per heavy atom. The van der Waals surface area contributed by atoms with E-state index >= 15 is 0 Å². The number of methoxy groups -OCH3 is 5. The van der Waals surface area contributed by atoms with Gasteiger partial charge in [-0.2, -0.15) is 19.9 Å². The highest BCUT2D eigenvalue weighted by Gasteiger charge is 2.13. The molecule has 0 saturated heterocycles. The summed E-state index contributed by atoms with van der Waals surface area (Å²) in [6.45, 7) is 8.70. The number of carbonyl (C=O) groups is 6. The summed E-state index contributed by atoms with van der Waals surface area (Å²) in [5.41, 5.74) is 12.0. The van der Waals surface area contributed by atoms with E-state index in [0.29, 0.717) is 138 Å². The number of hydrogen-bond donors (Lipinski definition) is 5. The van der Waals surface area contributed by atoms with E-state index in [2.05, 4.69) is 50.5 Å². The van der Waals surface area contributed by atoms with Crippen LogP contribution in [0.1, 0.15) is 136 Å². The molecule has 8 aromatic heterocycles. The number of aliphatic hydroxyl groups excluding tert-OH is 2. The van der Waals surface area contributed by atoms with Gasteiger partial charge in [-0.15, -0.1) is 0 Å². The number of aliphatic hydroxyl groups is 2. The van der Waals surface area contributed by atoms with Crippen LogP contribution >= 0.6 is 11.6 Å². The monoisotopic (exact) mass is 1400 g/mol. The Bertz CT molecular complexity index is 3640. The summed E-state index contributed by atoms with van der Waals surface area (Å²) in [4.78, 5) is 98.5. The number of ether oxygens (including phenoxy) is 9. The molecule has 0 saturated carbocycles. The Labute approximate surface area is 585 Å². The molecule has 0 radical (unpaired) electrons. The zero-order valence-electron chi connectivity index (χ0n) is 57.3. The van der Waals surface area contributed by atoms with Crippen LogP contribution in [0.2, 0.25) is 5.15 Å². The molecule has 0 amide bonds. The predicted molar refractivity (Wildman–Crippen MR) is 369 cm³/mol. The van der Waals surface area contributed by atoms with Crippen molar-refractivity contribution < 1.29 is 81.6 Å². The maximum atomic E-state index is 11.1. The summed E-state index contributed by atoms with van der Waals surface area (Å²) in [5, 5.41) is 24.1. The van der Waals surface area contributed by atoms with E-state index < -0.39 is 0 Å². The van der Waals surface area contributed by atoms with Gasteiger partial charge in [0.15, 0.2) is 18.9 Å². The van der Waals surface area contributed by atoms with Crippen LogP contribution in [0.3, 0.4) is 0 Å². The van der Waals surface area contributed by atoms with Crippen LogP contribution in [0.4, 0.5) is 0 Å². The largest absolute Gasteiger partial charge is 0.481 e. The van der Waals surface area contributed by atoms with Crippen LogP contribution in [-0.4, -0.2) is 141 Å². The van der Waals surface area contributed by atoms with Crippen LogP contribution in [0.15, 0.2) is 115 Å². The van der Waals surface area contributed by atoms with Crippen molar-refractivity contribution in [2.45, 2.75) is 112 Å². The fourth-order valence-corrected chi connectivity index (χ4v) is 8.44. The normalized spacial score (nSPS) is 10.2. The number of halogens is 1. The van der Waals surface area contributed by atoms with Gasteiger partial charge in [0.05, 0.1) is 99.6 Å². The average Bonchev–Trinajstić information content (AvgIpc) is 0.882. The van der Waals surface area contributed by atoms with Crippen LogP contribution in [-0.2, 0) is 67.1 Å². The zero-order valence-corrected chi connectivity index (χ0v) is 58.0. The van der Waals surface area contributed by atoms with E-state index in [9.17, 15) is 28.8 Å². The number of nitrogens with zero attached hydrogens (tertiary/aromatic N) is 8. The third kappa shape index (κ3) is 31.4. The first kappa shape index (κ1) is 81.9. The highest BCUT2D eigenvalue weighted by atomic mass is 35.5. The molecule has 534 valence electrons. The Hall–Kier alpha value is -10.5. The number of ketones is 3. The molecule has 0 aliphatic rings. The summed E-state index contributed by atoms with van der Waals surface area (Å²) in [7, 11) is 7.45. The summed E-state index contributed by atoms with van der Waals surface area (Å²) >= 11 is 5.55. The van der Waals surface area contributed by atoms with Crippen molar-refractivity contribution in [2.75, 3.05) is 55.2 Å². The van der Waals surface area contributed by atoms with Crippen molar-refractivity contribution in [1.82, 2.24) is 50.5 Å². The Morgan fingerprint density at radius 1 is 0.410 bits per heavy atom. The second-order valence-electron chi connectivity index (χ2n) is 21.1. The van der Waals surface area contributed by atoms with Gasteiger partial charge in [0.1, 0.15) is 48.9 Å². The van der Waals surface area contributed by atoms with Crippen molar-refractivity contribution in [1.29, 1.82) is 0 Å². The Morgan fingerprint density at radius 2 is 0.710 bits per heavy atom. The number of rotatable bonds is 37. The molecule has 0 fully saturated rings. The summed E-state index contributed by atoms with van der Waals surface area (Å²) in [6, 6.07) is 33.1. The summed E-state index contributed by atoms with van der Waals surface area (Å²) in [6.07, 6.45) is 6.19. The number of nitrogens with one attached hydrogen (secondary N) is 2. The van der Waals surface area contributed by atoms with Gasteiger partial charge in [-0.25, -0.2) is 4.98 Å². The minimum absolute atomic E-state index is 0.0756. The molecule has 100 heavy (non-hydrogen) atoms. The number of hydrogen-bond acceptors (Lipinski definition) is 28. The molecular formula is C71H86ClN11O17. The third-order valence-electron chi connectivity index (χ3n) is 13.3. The molecule has 29 heteroatoms. The zero-order chi connectivity index (χ0) is 72.9. The van der Waals surface area contributed by atoms with Gasteiger partial charge in [-0.05, 0) is 132 Å². The highest BCUT2D eigenvalue weighted by molar-refractivity contribution is 6.29. The summed E-state index contributed by atoms with van der Waals surface area (Å²) in [5.74, 6) is 3.72. The number of pyridine rings is 8. The smallest absolute Gasteiger partial charge is 0.227 e. The topological polar surface area (TPSA) is 379 Å². The van der Waals surface area contributed by atoms with Crippen LogP contribution in [0, 0.1) is 0 Å². The van der Waals surface area contributed by atoms with Gasteiger partial charge in [-0.3, -0.25) is 29.3 Å². The van der Waals surface area contributed by atoms with Crippen molar-refractivity contribution in [3.05, 3.63) is 182 Å². The van der Waals surface area contributed by atoms with E-state index in [1.807, 2.05) is 36.4 Å². The van der Waals surface area contributed by atoms with Gasteiger partial charge in [0.2, 0.25) is 52.9 Å². The van der Waals surface area contributed by atoms with Gasteiger partial charge in [-0.1, -0.05) is 29.8 Å². The highest BCUT2D eigenvalue weighted by Crippen LogP contribution is 2.25. The second kappa shape index (κ2) is 47.5. The lowest BCUT2D eigenvalue weighted by Gasteiger charge is -2.12. The van der Waals surface area contributed by atoms with Crippen LogP contribution in [0.25, 0.3) is 0 Å². The fourth-order valence-electron chi connectivity index (χ4n) is 8.30. The fraction of sp³-hybridized carbons (Fsp3) is 0.352. The maximum absolute atomic E-state index is 11.1.